The van der Waals surface area contributed by atoms with Gasteiger partial charge in [0.05, 0.1) is 15.9 Å². The fourth-order valence-electron chi connectivity index (χ4n) is 3.80. The number of unbranched alkanes of at least 4 members (excludes halogenated alkanes) is 13. The topological polar surface area (TPSA) is 83.1 Å². The molecule has 0 fully saturated rings. The fourth-order valence-corrected chi connectivity index (χ4v) is 4.30. The van der Waals surface area contributed by atoms with Crippen molar-refractivity contribution >= 4 is 21.2 Å². The molecule has 2 rings (SSSR count). The highest BCUT2D eigenvalue weighted by Crippen LogP contribution is 2.18. The van der Waals surface area contributed by atoms with Crippen molar-refractivity contribution in [2.24, 2.45) is 0 Å². The molecule has 2 aromatic rings. The monoisotopic (exact) mass is 422 g/mol. The molecule has 0 unspecified atom stereocenters. The second kappa shape index (κ2) is 13.0. The third kappa shape index (κ3) is 9.30. The number of benzene rings is 1. The summed E-state index contributed by atoms with van der Waals surface area (Å²) in [5.74, 6) is 0.881. The Kier molecular flexibility index (Phi) is 10.7. The van der Waals surface area contributed by atoms with E-state index in [0.717, 1.165) is 24.2 Å². The van der Waals surface area contributed by atoms with Gasteiger partial charge >= 0.3 is 0 Å². The van der Waals surface area contributed by atoms with E-state index in [4.69, 9.17) is 4.55 Å². The van der Waals surface area contributed by atoms with Gasteiger partial charge in [0.2, 0.25) is 0 Å². The van der Waals surface area contributed by atoms with Crippen LogP contribution in [0.25, 0.3) is 11.0 Å². The molecule has 5 nitrogen and oxygen atoms in total. The standard InChI is InChI=1S/C23H38N2O3S/c1-2-3-4-5-6-7-8-9-10-11-12-13-14-15-16-23-24-21-18-17-20(29(26,27)28)19-22(21)25-23/h17-19H,2-16H2,1H3,(H,24,25)(H,26,27,28). The molecule has 1 aromatic heterocycles. The zero-order valence-corrected chi connectivity index (χ0v) is 18.8. The maximum absolute atomic E-state index is 11.2. The molecule has 29 heavy (non-hydrogen) atoms. The highest BCUT2D eigenvalue weighted by atomic mass is 32.2. The Labute approximate surface area is 176 Å². The van der Waals surface area contributed by atoms with Crippen LogP contribution >= 0.6 is 0 Å². The van der Waals surface area contributed by atoms with Crippen molar-refractivity contribution < 1.29 is 13.0 Å². The first-order valence-electron chi connectivity index (χ1n) is 11.5. The summed E-state index contributed by atoms with van der Waals surface area (Å²) in [5, 5.41) is 0. The number of aromatic amines is 1. The summed E-state index contributed by atoms with van der Waals surface area (Å²) >= 11 is 0. The molecular formula is C23H38N2O3S. The summed E-state index contributed by atoms with van der Waals surface area (Å²) in [6.07, 6.45) is 19.6. The molecule has 0 bridgehead atoms. The maximum atomic E-state index is 11.2. The van der Waals surface area contributed by atoms with Crippen LogP contribution < -0.4 is 0 Å². The van der Waals surface area contributed by atoms with Gasteiger partial charge in [0.25, 0.3) is 10.1 Å². The maximum Gasteiger partial charge on any atom is 0.294 e. The number of nitrogens with zero attached hydrogens (tertiary/aromatic N) is 1. The second-order valence-electron chi connectivity index (χ2n) is 8.18. The molecule has 1 aromatic carbocycles. The Hall–Kier alpha value is -1.40. The summed E-state index contributed by atoms with van der Waals surface area (Å²) in [4.78, 5) is 7.58. The van der Waals surface area contributed by atoms with Gasteiger partial charge in [-0.05, 0) is 24.6 Å². The van der Waals surface area contributed by atoms with Crippen molar-refractivity contribution in [3.8, 4) is 0 Å². The molecule has 0 aliphatic carbocycles. The number of rotatable bonds is 16. The van der Waals surface area contributed by atoms with Crippen LogP contribution in [-0.2, 0) is 16.5 Å². The van der Waals surface area contributed by atoms with Crippen LogP contribution in [0, 0.1) is 0 Å². The van der Waals surface area contributed by atoms with Gasteiger partial charge in [-0.25, -0.2) is 4.98 Å². The third-order valence-corrected chi connectivity index (χ3v) is 6.42. The van der Waals surface area contributed by atoms with E-state index in [1.807, 2.05) is 0 Å². The van der Waals surface area contributed by atoms with Crippen molar-refractivity contribution in [2.45, 2.75) is 108 Å². The van der Waals surface area contributed by atoms with E-state index in [1.54, 1.807) is 6.07 Å². The van der Waals surface area contributed by atoms with E-state index in [-0.39, 0.29) is 4.90 Å². The van der Waals surface area contributed by atoms with Gasteiger partial charge in [0.15, 0.2) is 0 Å². The third-order valence-electron chi connectivity index (χ3n) is 5.57. The van der Waals surface area contributed by atoms with Crippen LogP contribution in [-0.4, -0.2) is 22.9 Å². The predicted octanol–water partition coefficient (Wildman–Crippen LogP) is 6.83. The zero-order chi connectivity index (χ0) is 21.0. The first kappa shape index (κ1) is 23.9. The highest BCUT2D eigenvalue weighted by molar-refractivity contribution is 7.85. The van der Waals surface area contributed by atoms with Crippen molar-refractivity contribution in [2.75, 3.05) is 0 Å². The molecule has 2 N–H and O–H groups in total. The number of imidazole rings is 1. The van der Waals surface area contributed by atoms with E-state index in [9.17, 15) is 8.42 Å². The number of H-pyrrole nitrogens is 1. The molecule has 0 saturated heterocycles. The average molecular weight is 423 g/mol. The normalized spacial score (nSPS) is 12.1. The SMILES string of the molecule is CCCCCCCCCCCCCCCCc1nc2cc(S(=O)(=O)O)ccc2[nH]1. The summed E-state index contributed by atoms with van der Waals surface area (Å²) < 4.78 is 31.6. The van der Waals surface area contributed by atoms with Gasteiger partial charge in [-0.1, -0.05) is 90.4 Å². The lowest BCUT2D eigenvalue weighted by atomic mass is 10.0. The Morgan fingerprint density at radius 2 is 1.34 bits per heavy atom. The van der Waals surface area contributed by atoms with E-state index in [0.29, 0.717) is 5.52 Å². The molecule has 1 heterocycles. The molecule has 0 radical (unpaired) electrons. The van der Waals surface area contributed by atoms with Crippen molar-refractivity contribution in [1.82, 2.24) is 9.97 Å². The fraction of sp³-hybridized carbons (Fsp3) is 0.696. The Morgan fingerprint density at radius 3 is 1.86 bits per heavy atom. The molecule has 0 aliphatic rings. The van der Waals surface area contributed by atoms with Crippen LogP contribution in [0.4, 0.5) is 0 Å². The summed E-state index contributed by atoms with van der Waals surface area (Å²) in [6, 6.07) is 4.46. The Morgan fingerprint density at radius 1 is 0.828 bits per heavy atom. The number of fused-ring (bicyclic) bond motifs is 1. The molecule has 0 saturated carbocycles. The lowest BCUT2D eigenvalue weighted by Gasteiger charge is -2.03. The molecule has 6 heteroatoms. The van der Waals surface area contributed by atoms with Gasteiger partial charge in [0.1, 0.15) is 5.82 Å². The van der Waals surface area contributed by atoms with E-state index in [1.165, 1.54) is 95.6 Å². The minimum Gasteiger partial charge on any atom is -0.342 e. The predicted molar refractivity (Wildman–Crippen MR) is 120 cm³/mol. The Balaban J connectivity index is 1.50. The van der Waals surface area contributed by atoms with E-state index >= 15 is 0 Å². The largest absolute Gasteiger partial charge is 0.342 e. The van der Waals surface area contributed by atoms with Crippen molar-refractivity contribution in [1.29, 1.82) is 0 Å². The van der Waals surface area contributed by atoms with Gasteiger partial charge < -0.3 is 4.98 Å². The first-order chi connectivity index (χ1) is 14.0. The molecule has 0 spiro atoms. The molecule has 0 amide bonds. The lowest BCUT2D eigenvalue weighted by molar-refractivity contribution is 0.483. The molecule has 0 aliphatic heterocycles. The van der Waals surface area contributed by atoms with Crippen LogP contribution in [0.2, 0.25) is 0 Å². The summed E-state index contributed by atoms with van der Waals surface area (Å²) in [5.41, 5.74) is 1.39. The lowest BCUT2D eigenvalue weighted by Crippen LogP contribution is -1.97. The van der Waals surface area contributed by atoms with Gasteiger partial charge in [0, 0.05) is 6.42 Å². The summed E-state index contributed by atoms with van der Waals surface area (Å²) in [7, 11) is -4.18. The second-order valence-corrected chi connectivity index (χ2v) is 9.61. The average Bonchev–Trinajstić information content (AvgIpc) is 3.09. The minimum absolute atomic E-state index is 0.112. The van der Waals surface area contributed by atoms with Crippen LogP contribution in [0.3, 0.4) is 0 Å². The van der Waals surface area contributed by atoms with E-state index in [2.05, 4.69) is 16.9 Å². The van der Waals surface area contributed by atoms with E-state index < -0.39 is 10.1 Å². The number of aromatic nitrogens is 2. The van der Waals surface area contributed by atoms with Crippen LogP contribution in [0.5, 0.6) is 0 Å². The zero-order valence-electron chi connectivity index (χ0n) is 18.0. The Bertz CT molecular complexity index is 815. The first-order valence-corrected chi connectivity index (χ1v) is 12.9. The number of hydrogen-bond donors (Lipinski definition) is 2. The number of hydrogen-bond acceptors (Lipinski definition) is 3. The number of aryl methyl sites for hydroxylation is 1. The smallest absolute Gasteiger partial charge is 0.294 e. The van der Waals surface area contributed by atoms with Gasteiger partial charge in [-0.15, -0.1) is 0 Å². The van der Waals surface area contributed by atoms with Crippen molar-refractivity contribution in [3.63, 3.8) is 0 Å². The minimum atomic E-state index is -4.18. The molecule has 0 atom stereocenters. The molecular weight excluding hydrogens is 384 g/mol. The van der Waals surface area contributed by atoms with Gasteiger partial charge in [-0.2, -0.15) is 8.42 Å². The van der Waals surface area contributed by atoms with Crippen molar-refractivity contribution in [3.05, 3.63) is 24.0 Å². The van der Waals surface area contributed by atoms with Gasteiger partial charge in [-0.3, -0.25) is 4.55 Å². The quantitative estimate of drug-likeness (QED) is 0.229. The van der Waals surface area contributed by atoms with Crippen LogP contribution in [0.15, 0.2) is 23.1 Å². The molecule has 164 valence electrons. The highest BCUT2D eigenvalue weighted by Gasteiger charge is 2.11. The number of nitrogens with one attached hydrogen (secondary N) is 1. The summed E-state index contributed by atoms with van der Waals surface area (Å²) in [6.45, 7) is 2.27. The van der Waals surface area contributed by atoms with Crippen LogP contribution in [0.1, 0.15) is 103 Å².